The van der Waals surface area contributed by atoms with E-state index >= 15 is 0 Å². The summed E-state index contributed by atoms with van der Waals surface area (Å²) in [5.74, 6) is 0.159. The molecule has 0 aliphatic heterocycles. The molecule has 0 spiro atoms. The van der Waals surface area contributed by atoms with E-state index in [9.17, 15) is 9.70 Å². The molecule has 0 atom stereocenters. The smallest absolute Gasteiger partial charge is 0.306 e. The van der Waals surface area contributed by atoms with E-state index < -0.39 is 6.03 Å². The van der Waals surface area contributed by atoms with Gasteiger partial charge in [0.05, 0.1) is 11.8 Å². The van der Waals surface area contributed by atoms with Gasteiger partial charge in [0.2, 0.25) is 0 Å². The summed E-state index contributed by atoms with van der Waals surface area (Å²) in [6.07, 6.45) is 0. The minimum absolute atomic E-state index is 0.0851. The number of amides is 2. The Labute approximate surface area is 105 Å². The molecule has 0 bridgehead atoms. The molecule has 1 rings (SSSR count). The van der Waals surface area contributed by atoms with E-state index in [1.807, 2.05) is 26.0 Å². The van der Waals surface area contributed by atoms with Crippen LogP contribution in [0.25, 0.3) is 0 Å². The molecule has 0 aliphatic rings. The van der Waals surface area contributed by atoms with E-state index in [0.29, 0.717) is 5.69 Å². The number of halogens is 1. The van der Waals surface area contributed by atoms with Gasteiger partial charge in [-0.05, 0) is 37.1 Å². The Morgan fingerprint density at radius 2 is 2.12 bits per heavy atom. The minimum Gasteiger partial charge on any atom is -0.306 e. The van der Waals surface area contributed by atoms with Crippen LogP contribution in [-0.2, 0) is 0 Å². The molecule has 0 radical (unpaired) electrons. The Hall–Kier alpha value is -1.62. The quantitative estimate of drug-likeness (QED) is 0.511. The summed E-state index contributed by atoms with van der Waals surface area (Å²) in [7, 11) is 0. The maximum absolute atomic E-state index is 11.6. The van der Waals surface area contributed by atoms with Crippen molar-refractivity contribution in [3.8, 4) is 0 Å². The summed E-state index contributed by atoms with van der Waals surface area (Å²) < 4.78 is 0. The lowest BCUT2D eigenvalue weighted by Crippen LogP contribution is -2.31. The number of carbonyl (C=O) groups excluding carboxylic acids is 1. The first-order chi connectivity index (χ1) is 8.08. The Kier molecular flexibility index (Phi) is 4.90. The molecule has 5 nitrogen and oxygen atoms in total. The Morgan fingerprint density at radius 1 is 1.41 bits per heavy atom. The van der Waals surface area contributed by atoms with Crippen LogP contribution < -0.4 is 5.32 Å². The number of alkyl halides is 1. The molecule has 17 heavy (non-hydrogen) atoms. The summed E-state index contributed by atoms with van der Waals surface area (Å²) in [6, 6.07) is 4.91. The van der Waals surface area contributed by atoms with Crippen LogP contribution in [-0.4, -0.2) is 23.5 Å². The number of nitrogens with zero attached hydrogens (tertiary/aromatic N) is 2. The van der Waals surface area contributed by atoms with Gasteiger partial charge in [0.25, 0.3) is 0 Å². The van der Waals surface area contributed by atoms with Crippen molar-refractivity contribution in [1.29, 1.82) is 0 Å². The SMILES string of the molecule is Cc1ccc(NC(=O)N(CCCl)N=O)cc1C. The second kappa shape index (κ2) is 6.20. The van der Waals surface area contributed by atoms with Gasteiger partial charge in [-0.15, -0.1) is 16.5 Å². The highest BCUT2D eigenvalue weighted by Crippen LogP contribution is 2.14. The third kappa shape index (κ3) is 3.71. The molecule has 2 amide bonds. The molecule has 0 aliphatic carbocycles. The van der Waals surface area contributed by atoms with Crippen molar-refractivity contribution in [2.45, 2.75) is 13.8 Å². The second-order valence-corrected chi connectivity index (χ2v) is 4.00. The minimum atomic E-state index is -0.580. The van der Waals surface area contributed by atoms with Crippen molar-refractivity contribution in [2.75, 3.05) is 17.7 Å². The van der Waals surface area contributed by atoms with E-state index in [0.717, 1.165) is 16.1 Å². The molecule has 0 fully saturated rings. The van der Waals surface area contributed by atoms with Crippen molar-refractivity contribution >= 4 is 23.3 Å². The molecule has 1 N–H and O–H groups in total. The normalized spacial score (nSPS) is 9.82. The number of anilines is 1. The van der Waals surface area contributed by atoms with Crippen molar-refractivity contribution in [2.24, 2.45) is 5.29 Å². The largest absolute Gasteiger partial charge is 0.344 e. The molecule has 1 aromatic carbocycles. The topological polar surface area (TPSA) is 61.8 Å². The van der Waals surface area contributed by atoms with Gasteiger partial charge in [-0.1, -0.05) is 6.07 Å². The number of nitroso groups, excluding NO2 is 1. The van der Waals surface area contributed by atoms with Crippen LogP contribution >= 0.6 is 11.6 Å². The van der Waals surface area contributed by atoms with E-state index in [-0.39, 0.29) is 12.4 Å². The molecule has 0 unspecified atom stereocenters. The summed E-state index contributed by atoms with van der Waals surface area (Å²) in [5, 5.41) is 5.93. The van der Waals surface area contributed by atoms with Gasteiger partial charge in [-0.25, -0.2) is 4.79 Å². The van der Waals surface area contributed by atoms with E-state index in [2.05, 4.69) is 10.6 Å². The van der Waals surface area contributed by atoms with Crippen LogP contribution in [0.2, 0.25) is 0 Å². The van der Waals surface area contributed by atoms with Gasteiger partial charge >= 0.3 is 6.03 Å². The number of urea groups is 1. The molecule has 0 saturated carbocycles. The lowest BCUT2D eigenvalue weighted by atomic mass is 10.1. The number of benzene rings is 1. The van der Waals surface area contributed by atoms with Crippen LogP contribution in [0.3, 0.4) is 0 Å². The fourth-order valence-electron chi connectivity index (χ4n) is 1.27. The number of rotatable bonds is 4. The fraction of sp³-hybridized carbons (Fsp3) is 0.364. The predicted molar refractivity (Wildman–Crippen MR) is 68.2 cm³/mol. The summed E-state index contributed by atoms with van der Waals surface area (Å²) in [4.78, 5) is 22.0. The van der Waals surface area contributed by atoms with Gasteiger partial charge in [0.15, 0.2) is 0 Å². The summed E-state index contributed by atoms with van der Waals surface area (Å²) in [6.45, 7) is 4.01. The van der Waals surface area contributed by atoms with Crippen molar-refractivity contribution in [3.63, 3.8) is 0 Å². The second-order valence-electron chi connectivity index (χ2n) is 3.62. The van der Waals surface area contributed by atoms with Crippen LogP contribution in [0.1, 0.15) is 11.1 Å². The average Bonchev–Trinajstić information content (AvgIpc) is 2.30. The van der Waals surface area contributed by atoms with Gasteiger partial charge in [0.1, 0.15) is 0 Å². The monoisotopic (exact) mass is 255 g/mol. The maximum atomic E-state index is 11.6. The summed E-state index contributed by atoms with van der Waals surface area (Å²) in [5.41, 5.74) is 2.82. The van der Waals surface area contributed by atoms with Crippen LogP contribution in [0.5, 0.6) is 0 Å². The molecular formula is C11H14ClN3O2. The lowest BCUT2D eigenvalue weighted by Gasteiger charge is -2.13. The van der Waals surface area contributed by atoms with Gasteiger partial charge in [0, 0.05) is 11.6 Å². The lowest BCUT2D eigenvalue weighted by molar-refractivity contribution is 0.216. The first-order valence-electron chi connectivity index (χ1n) is 5.13. The maximum Gasteiger partial charge on any atom is 0.344 e. The Morgan fingerprint density at radius 3 is 2.65 bits per heavy atom. The first kappa shape index (κ1) is 13.4. The van der Waals surface area contributed by atoms with Crippen LogP contribution in [0.4, 0.5) is 10.5 Å². The molecule has 6 heteroatoms. The average molecular weight is 256 g/mol. The number of aryl methyl sites for hydroxylation is 2. The molecule has 0 heterocycles. The van der Waals surface area contributed by atoms with E-state index in [4.69, 9.17) is 11.6 Å². The number of hydrogen-bond donors (Lipinski definition) is 1. The van der Waals surface area contributed by atoms with E-state index in [1.165, 1.54) is 0 Å². The van der Waals surface area contributed by atoms with Crippen molar-refractivity contribution in [3.05, 3.63) is 34.2 Å². The molecular weight excluding hydrogens is 242 g/mol. The molecule has 1 aromatic rings. The predicted octanol–water partition coefficient (Wildman–Crippen LogP) is 3.06. The molecule has 92 valence electrons. The van der Waals surface area contributed by atoms with Crippen molar-refractivity contribution in [1.82, 2.24) is 5.01 Å². The number of carbonyl (C=O) groups is 1. The Bertz CT molecular complexity index is 423. The van der Waals surface area contributed by atoms with E-state index in [1.54, 1.807) is 6.07 Å². The van der Waals surface area contributed by atoms with Crippen LogP contribution in [0, 0.1) is 18.8 Å². The zero-order valence-corrected chi connectivity index (χ0v) is 10.5. The fourth-order valence-corrected chi connectivity index (χ4v) is 1.43. The number of hydrogen-bond acceptors (Lipinski definition) is 3. The third-order valence-corrected chi connectivity index (χ3v) is 2.56. The number of nitrogens with one attached hydrogen (secondary N) is 1. The van der Waals surface area contributed by atoms with Gasteiger partial charge in [-0.3, -0.25) is 0 Å². The Balaban J connectivity index is 2.73. The zero-order chi connectivity index (χ0) is 12.8. The highest BCUT2D eigenvalue weighted by atomic mass is 35.5. The van der Waals surface area contributed by atoms with Gasteiger partial charge < -0.3 is 5.32 Å². The molecule has 0 saturated heterocycles. The molecule has 0 aromatic heterocycles. The highest BCUT2D eigenvalue weighted by molar-refractivity contribution is 6.18. The van der Waals surface area contributed by atoms with Crippen LogP contribution in [0.15, 0.2) is 23.5 Å². The zero-order valence-electron chi connectivity index (χ0n) is 9.74. The first-order valence-corrected chi connectivity index (χ1v) is 5.67. The van der Waals surface area contributed by atoms with Crippen molar-refractivity contribution < 1.29 is 4.79 Å². The summed E-state index contributed by atoms with van der Waals surface area (Å²) >= 11 is 5.45. The third-order valence-electron chi connectivity index (χ3n) is 2.39. The van der Waals surface area contributed by atoms with Gasteiger partial charge in [-0.2, -0.15) is 5.01 Å². The highest BCUT2D eigenvalue weighted by Gasteiger charge is 2.13. The standard InChI is InChI=1S/C11H14ClN3O2/c1-8-3-4-10(7-9(8)2)13-11(16)15(14-17)6-5-12/h3-4,7H,5-6H2,1-2H3,(H,13,16).